The van der Waals surface area contributed by atoms with Gasteiger partial charge in [0.05, 0.1) is 39.6 Å². The molecule has 0 aliphatic heterocycles. The van der Waals surface area contributed by atoms with Crippen molar-refractivity contribution < 1.29 is 59.1 Å². The molecule has 3 heterocycles. The Balaban J connectivity index is 0.000000163. The summed E-state index contributed by atoms with van der Waals surface area (Å²) in [5, 5.41) is 82.2. The number of aromatic hydroxyl groups is 6. The Bertz CT molecular complexity index is 6570. The van der Waals surface area contributed by atoms with Crippen LogP contribution in [0.15, 0.2) is 212 Å². The number of unbranched alkanes of at least 4 members (excludes halogenated alkanes) is 12. The van der Waals surface area contributed by atoms with Gasteiger partial charge in [0, 0.05) is 53.1 Å². The zero-order valence-corrected chi connectivity index (χ0v) is 80.3. The zero-order chi connectivity index (χ0) is 95.2. The summed E-state index contributed by atoms with van der Waals surface area (Å²) in [6.07, 6.45) is 25.7. The van der Waals surface area contributed by atoms with Crippen LogP contribution in [0.2, 0.25) is 0 Å². The molecule has 3 atom stereocenters. The molecule has 0 spiro atoms. The molecular weight excluding hydrogens is 1700 g/mol. The van der Waals surface area contributed by atoms with Crippen LogP contribution in [0, 0.1) is 17.8 Å². The Labute approximate surface area is 798 Å². The molecule has 0 aliphatic carbocycles. The first-order chi connectivity index (χ1) is 66.5. The third-order valence-electron chi connectivity index (χ3n) is 25.5. The highest BCUT2D eigenvalue weighted by Crippen LogP contribution is 2.47. The van der Waals surface area contributed by atoms with Gasteiger partial charge in [0.2, 0.25) is 0 Å². The molecule has 708 valence electrons. The highest BCUT2D eigenvalue weighted by molar-refractivity contribution is 6.21. The monoisotopic (exact) mass is 1830 g/mol. The molecule has 0 saturated carbocycles. The maximum Gasteiger partial charge on any atom is 0.320 e. The van der Waals surface area contributed by atoms with Gasteiger partial charge in [-0.05, 0) is 162 Å². The summed E-state index contributed by atoms with van der Waals surface area (Å²) in [7, 11) is 0. The number of aromatic nitrogens is 9. The average molecular weight is 1830 g/mol. The molecule has 16 aromatic rings. The topological polar surface area (TPSA) is 293 Å². The summed E-state index contributed by atoms with van der Waals surface area (Å²) in [5.74, 6) is 3.02. The number of hydrogen-bond acceptors (Lipinski definition) is 21. The standard InChI is InChI=1S/C41H45N3O4.2C37H43N3O4/c1-4-7-9-14-22-47-41-43-39(35-25-34-30-17-11-10-16-28(30)20-21-33(34)31-18-12-13-19-32(31)35)42-40(44-41)38-36(45)23-29(24-37(38)46)48-26-27(6-3)15-8-5-2;1-4-7-9-14-20-43-37-39-35(33-29-18-12-10-16-26(29)21-27-17-11-13-19-30(27)33)38-36(40-37)34-31(41)22-28(23-32(34)42)44-24-25(6-3)15-8-5-2;1-4-7-9-12-18-43-37-39-35(29-17-16-28-19-26-14-10-11-15-27(26)20-30(28)21-29)38-36(40-37)34-32(41)22-31(23-33(34)42)44-24-25(6-3)13-8-5-2/h10-13,16-21,23-25,27,45-46H,4-9,14-15,22,26H2,1-3H3;10-13,16-19,21-23,25,41-42H,4-9,14-15,20,24H2,1-3H3;10-11,14-17,19-23,25,41-42H,4-9,12-13,18,24H2,1-3H3. The normalized spacial score (nSPS) is 12.1. The van der Waals surface area contributed by atoms with Crippen LogP contribution >= 0.6 is 0 Å². The van der Waals surface area contributed by atoms with Crippen molar-refractivity contribution in [1.29, 1.82) is 0 Å². The summed E-state index contributed by atoms with van der Waals surface area (Å²) in [4.78, 5) is 42.4. The first-order valence-corrected chi connectivity index (χ1v) is 49.4. The van der Waals surface area contributed by atoms with Crippen molar-refractivity contribution in [3.63, 3.8) is 0 Å². The van der Waals surface area contributed by atoms with Gasteiger partial charge in [0.15, 0.2) is 34.9 Å². The number of phenols is 6. The molecule has 0 aliphatic rings. The van der Waals surface area contributed by atoms with E-state index in [1.807, 2.05) is 66.7 Å². The van der Waals surface area contributed by atoms with Gasteiger partial charge in [-0.2, -0.15) is 29.9 Å². The minimum absolute atomic E-state index is 0.107. The van der Waals surface area contributed by atoms with E-state index in [1.165, 1.54) is 41.8 Å². The van der Waals surface area contributed by atoms with E-state index in [2.05, 4.69) is 191 Å². The molecule has 21 heteroatoms. The van der Waals surface area contributed by atoms with E-state index in [1.54, 1.807) is 0 Å². The SMILES string of the molecule is CCCCCCOc1nc(-c2c(O)cc(OCC(CC)CCCC)cc2O)nc(-c2c3ccccc3cc3ccccc23)n1.CCCCCCOc1nc(-c2c(O)cc(OCC(CC)CCCC)cc2O)nc(-c2cc3c4ccccc4ccc3c3ccccc23)n1.CCCCCCOc1nc(-c2ccc3cc4ccccc4cc3c2)nc(-c2c(O)cc(OCC(CC)CCCC)cc2O)n1. The Morgan fingerprint density at radius 3 is 0.963 bits per heavy atom. The third-order valence-corrected chi connectivity index (χ3v) is 25.5. The van der Waals surface area contributed by atoms with E-state index in [4.69, 9.17) is 53.3 Å². The lowest BCUT2D eigenvalue weighted by atomic mass is 9.93. The first kappa shape index (κ1) is 98.3. The van der Waals surface area contributed by atoms with Crippen molar-refractivity contribution in [2.75, 3.05) is 39.6 Å². The van der Waals surface area contributed by atoms with Gasteiger partial charge >= 0.3 is 18.0 Å². The minimum Gasteiger partial charge on any atom is -0.507 e. The molecule has 0 amide bonds. The number of ether oxygens (including phenoxy) is 6. The van der Waals surface area contributed by atoms with Crippen LogP contribution in [0.1, 0.15) is 216 Å². The fourth-order valence-corrected chi connectivity index (χ4v) is 17.5. The van der Waals surface area contributed by atoms with Crippen molar-refractivity contribution in [1.82, 2.24) is 44.9 Å². The molecule has 0 fully saturated rings. The quantitative estimate of drug-likeness (QED) is 0.0117. The summed E-state index contributed by atoms with van der Waals surface area (Å²) in [6, 6.07) is 69.7. The largest absolute Gasteiger partial charge is 0.507 e. The predicted molar refractivity (Wildman–Crippen MR) is 550 cm³/mol. The molecule has 3 aromatic heterocycles. The number of hydrogen-bond donors (Lipinski definition) is 6. The highest BCUT2D eigenvalue weighted by atomic mass is 16.5. The summed E-state index contributed by atoms with van der Waals surface area (Å²) < 4.78 is 36.2. The van der Waals surface area contributed by atoms with Crippen molar-refractivity contribution in [3.05, 3.63) is 212 Å². The molecule has 3 unspecified atom stereocenters. The summed E-state index contributed by atoms with van der Waals surface area (Å²) in [6.45, 7) is 22.5. The molecule has 0 radical (unpaired) electrons. The van der Waals surface area contributed by atoms with Crippen molar-refractivity contribution >= 4 is 75.4 Å². The van der Waals surface area contributed by atoms with E-state index < -0.39 is 0 Å². The second kappa shape index (κ2) is 49.0. The smallest absolute Gasteiger partial charge is 0.320 e. The van der Waals surface area contributed by atoms with E-state index in [-0.39, 0.29) is 86.7 Å². The van der Waals surface area contributed by atoms with Crippen LogP contribution in [0.5, 0.6) is 69.8 Å². The van der Waals surface area contributed by atoms with Gasteiger partial charge in [0.25, 0.3) is 0 Å². The summed E-state index contributed by atoms with van der Waals surface area (Å²) in [5.41, 5.74) is 2.76. The fraction of sp³-hybridized carbons (Fsp3) is 0.365. The van der Waals surface area contributed by atoms with Crippen molar-refractivity contribution in [2.45, 2.75) is 216 Å². The second-order valence-electron chi connectivity index (χ2n) is 35.5. The maximum absolute atomic E-state index is 11.3. The minimum atomic E-state index is -0.174. The maximum atomic E-state index is 11.3. The van der Waals surface area contributed by atoms with Gasteiger partial charge < -0.3 is 59.1 Å². The molecular formula is C115H131N9O12. The molecule has 16 rings (SSSR count). The van der Waals surface area contributed by atoms with Gasteiger partial charge in [0.1, 0.15) is 68.4 Å². The van der Waals surface area contributed by atoms with Gasteiger partial charge in [-0.1, -0.05) is 323 Å². The number of fused-ring (bicyclic) bond motifs is 9. The molecule has 136 heavy (non-hydrogen) atoms. The zero-order valence-electron chi connectivity index (χ0n) is 80.3. The number of benzene rings is 13. The van der Waals surface area contributed by atoms with Crippen molar-refractivity contribution in [3.8, 4) is 138 Å². The first-order valence-electron chi connectivity index (χ1n) is 49.4. The Morgan fingerprint density at radius 2 is 0.544 bits per heavy atom. The van der Waals surface area contributed by atoms with Crippen LogP contribution in [-0.2, 0) is 0 Å². The molecule has 13 aromatic carbocycles. The van der Waals surface area contributed by atoms with Gasteiger partial charge in [-0.15, -0.1) is 0 Å². The number of phenolic OH excluding ortho intramolecular Hbond substituents is 6. The second-order valence-corrected chi connectivity index (χ2v) is 35.5. The average Bonchev–Trinajstić information content (AvgIpc) is 0.745. The van der Waals surface area contributed by atoms with Crippen LogP contribution in [0.25, 0.3) is 144 Å². The van der Waals surface area contributed by atoms with Crippen LogP contribution < -0.4 is 28.4 Å². The van der Waals surface area contributed by atoms with Crippen LogP contribution in [-0.4, -0.2) is 115 Å². The van der Waals surface area contributed by atoms with Gasteiger partial charge in [-0.3, -0.25) is 0 Å². The Kier molecular flexibility index (Phi) is 35.4. The van der Waals surface area contributed by atoms with E-state index >= 15 is 0 Å². The van der Waals surface area contributed by atoms with E-state index in [9.17, 15) is 30.6 Å². The molecule has 0 bridgehead atoms. The van der Waals surface area contributed by atoms with Crippen LogP contribution in [0.3, 0.4) is 0 Å². The third kappa shape index (κ3) is 25.1. The lowest BCUT2D eigenvalue weighted by Crippen LogP contribution is -2.11. The Morgan fingerprint density at radius 1 is 0.228 bits per heavy atom. The Hall–Kier alpha value is -13.7. The summed E-state index contributed by atoms with van der Waals surface area (Å²) >= 11 is 0. The fourth-order valence-electron chi connectivity index (χ4n) is 17.5. The number of nitrogens with zero attached hydrogens (tertiary/aromatic N) is 9. The molecule has 21 nitrogen and oxygen atoms in total. The lowest BCUT2D eigenvalue weighted by Gasteiger charge is -2.17. The van der Waals surface area contributed by atoms with Crippen LogP contribution in [0.4, 0.5) is 0 Å². The molecule has 0 saturated heterocycles. The number of rotatable bonds is 45. The van der Waals surface area contributed by atoms with Gasteiger partial charge in [-0.25, -0.2) is 15.0 Å². The predicted octanol–water partition coefficient (Wildman–Crippen LogP) is 29.6. The highest BCUT2D eigenvalue weighted by Gasteiger charge is 2.27. The van der Waals surface area contributed by atoms with E-state index in [0.29, 0.717) is 92.1 Å². The molecule has 6 N–H and O–H groups in total. The van der Waals surface area contributed by atoms with Crippen molar-refractivity contribution in [2.24, 2.45) is 17.8 Å². The lowest BCUT2D eigenvalue weighted by molar-refractivity contribution is 0.232. The van der Waals surface area contributed by atoms with E-state index in [0.717, 1.165) is 241 Å².